The van der Waals surface area contributed by atoms with Gasteiger partial charge in [-0.25, -0.2) is 0 Å². The van der Waals surface area contributed by atoms with Gasteiger partial charge >= 0.3 is 5.97 Å². The van der Waals surface area contributed by atoms with Crippen molar-refractivity contribution in [3.63, 3.8) is 0 Å². The highest BCUT2D eigenvalue weighted by Gasteiger charge is 2.36. The number of nitrogens with one attached hydrogen (secondary N) is 1. The van der Waals surface area contributed by atoms with Crippen LogP contribution in [0.15, 0.2) is 33.6 Å². The Morgan fingerprint density at radius 3 is 2.52 bits per heavy atom. The van der Waals surface area contributed by atoms with Crippen LogP contribution in [0.2, 0.25) is 0 Å². The smallest absolute Gasteiger partial charge is 0.325 e. The first kappa shape index (κ1) is 18.5. The number of hydrogen-bond acceptors (Lipinski definition) is 4. The van der Waals surface area contributed by atoms with Gasteiger partial charge in [0, 0.05) is 20.7 Å². The van der Waals surface area contributed by atoms with Crippen molar-refractivity contribution >= 4 is 33.7 Å². The van der Waals surface area contributed by atoms with E-state index in [9.17, 15) is 4.79 Å². The van der Waals surface area contributed by atoms with E-state index < -0.39 is 5.54 Å². The van der Waals surface area contributed by atoms with Crippen molar-refractivity contribution in [3.05, 3.63) is 28.7 Å². The van der Waals surface area contributed by atoms with Gasteiger partial charge in [-0.05, 0) is 55.3 Å². The molecule has 118 valence electrons. The number of methoxy groups -OCH3 is 1. The predicted molar refractivity (Wildman–Crippen MR) is 92.8 cm³/mol. The molecule has 2 atom stereocenters. The molecule has 1 N–H and O–H groups in total. The number of benzene rings is 1. The minimum atomic E-state index is -0.670. The van der Waals surface area contributed by atoms with E-state index in [2.05, 4.69) is 34.2 Å². The van der Waals surface area contributed by atoms with Crippen molar-refractivity contribution in [1.29, 1.82) is 0 Å². The van der Waals surface area contributed by atoms with Crippen LogP contribution >= 0.6 is 27.7 Å². The third kappa shape index (κ3) is 5.64. The molecule has 0 saturated carbocycles. The van der Waals surface area contributed by atoms with Crippen LogP contribution in [0, 0.1) is 0 Å². The van der Waals surface area contributed by atoms with Gasteiger partial charge in [0.15, 0.2) is 0 Å². The molecule has 0 heterocycles. The summed E-state index contributed by atoms with van der Waals surface area (Å²) in [6.45, 7) is 8.11. The third-order valence-corrected chi connectivity index (χ3v) is 5.24. The van der Waals surface area contributed by atoms with E-state index in [-0.39, 0.29) is 17.3 Å². The number of carbonyl (C=O) groups excluding carboxylic acids is 1. The fraction of sp³-hybridized carbons (Fsp3) is 0.562. The molecule has 21 heavy (non-hydrogen) atoms. The molecule has 0 radical (unpaired) electrons. The SMILES string of the molecule is COC(=O)C(C)(CC(C)Sc1ccccc1Br)NC(C)C. The lowest BCUT2D eigenvalue weighted by Crippen LogP contribution is -2.54. The monoisotopic (exact) mass is 373 g/mol. The lowest BCUT2D eigenvalue weighted by molar-refractivity contribution is -0.148. The lowest BCUT2D eigenvalue weighted by Gasteiger charge is -2.32. The van der Waals surface area contributed by atoms with Crippen molar-refractivity contribution in [2.24, 2.45) is 0 Å². The topological polar surface area (TPSA) is 38.3 Å². The Hall–Kier alpha value is -0.520. The molecule has 2 unspecified atom stereocenters. The van der Waals surface area contributed by atoms with Gasteiger partial charge in [0.25, 0.3) is 0 Å². The standard InChI is InChI=1S/C16H24BrNO2S/c1-11(2)18-16(4,15(19)20-5)10-12(3)21-14-9-7-6-8-13(14)17/h6-9,11-12,18H,10H2,1-5H3. The first-order chi connectivity index (χ1) is 9.78. The molecule has 0 spiro atoms. The highest BCUT2D eigenvalue weighted by molar-refractivity contribution is 9.10. The summed E-state index contributed by atoms with van der Waals surface area (Å²) in [4.78, 5) is 13.3. The Labute approximate surface area is 140 Å². The molecule has 0 saturated heterocycles. The number of rotatable bonds is 7. The van der Waals surface area contributed by atoms with Crippen LogP contribution in [0.25, 0.3) is 0 Å². The van der Waals surface area contributed by atoms with Crippen LogP contribution in [0.1, 0.15) is 34.1 Å². The number of ether oxygens (including phenoxy) is 1. The van der Waals surface area contributed by atoms with Gasteiger partial charge < -0.3 is 4.74 Å². The lowest BCUT2D eigenvalue weighted by atomic mass is 9.95. The third-order valence-electron chi connectivity index (χ3n) is 3.10. The Morgan fingerprint density at radius 1 is 1.38 bits per heavy atom. The maximum atomic E-state index is 12.1. The van der Waals surface area contributed by atoms with Crippen molar-refractivity contribution in [1.82, 2.24) is 5.32 Å². The van der Waals surface area contributed by atoms with E-state index in [4.69, 9.17) is 4.74 Å². The minimum Gasteiger partial charge on any atom is -0.468 e. The quantitative estimate of drug-likeness (QED) is 0.572. The Balaban J connectivity index is 2.79. The molecule has 1 aromatic carbocycles. The summed E-state index contributed by atoms with van der Waals surface area (Å²) in [5.74, 6) is -0.212. The van der Waals surface area contributed by atoms with Crippen molar-refractivity contribution in [2.45, 2.75) is 55.8 Å². The summed E-state index contributed by atoms with van der Waals surface area (Å²) >= 11 is 5.32. The van der Waals surface area contributed by atoms with Crippen LogP contribution in [-0.4, -0.2) is 29.9 Å². The van der Waals surface area contributed by atoms with Crippen molar-refractivity contribution < 1.29 is 9.53 Å². The first-order valence-electron chi connectivity index (χ1n) is 7.06. The molecule has 3 nitrogen and oxygen atoms in total. The number of hydrogen-bond donors (Lipinski definition) is 1. The molecule has 1 aromatic rings. The molecule has 0 aliphatic heterocycles. The molecule has 0 aromatic heterocycles. The van der Waals surface area contributed by atoms with Gasteiger partial charge in [-0.15, -0.1) is 11.8 Å². The average Bonchev–Trinajstić information content (AvgIpc) is 2.39. The highest BCUT2D eigenvalue weighted by Crippen LogP contribution is 2.33. The second kappa shape index (κ2) is 8.20. The Bertz CT molecular complexity index is 481. The van der Waals surface area contributed by atoms with Gasteiger partial charge in [0.2, 0.25) is 0 Å². The first-order valence-corrected chi connectivity index (χ1v) is 8.73. The van der Waals surface area contributed by atoms with E-state index in [0.29, 0.717) is 6.42 Å². The molecule has 0 aliphatic carbocycles. The van der Waals surface area contributed by atoms with Gasteiger partial charge in [-0.3, -0.25) is 10.1 Å². The van der Waals surface area contributed by atoms with E-state index in [0.717, 1.165) is 4.47 Å². The number of halogens is 1. The van der Waals surface area contributed by atoms with Crippen LogP contribution in [-0.2, 0) is 9.53 Å². The Morgan fingerprint density at radius 2 is 2.00 bits per heavy atom. The molecule has 0 fully saturated rings. The summed E-state index contributed by atoms with van der Waals surface area (Å²) in [7, 11) is 1.44. The molecular weight excluding hydrogens is 350 g/mol. The average molecular weight is 374 g/mol. The maximum Gasteiger partial charge on any atom is 0.325 e. The molecular formula is C16H24BrNO2S. The molecule has 1 rings (SSSR count). The Kier molecular flexibility index (Phi) is 7.24. The van der Waals surface area contributed by atoms with Gasteiger partial charge in [-0.2, -0.15) is 0 Å². The second-order valence-corrected chi connectivity index (χ2v) is 8.02. The van der Waals surface area contributed by atoms with E-state index in [1.165, 1.54) is 12.0 Å². The maximum absolute atomic E-state index is 12.1. The van der Waals surface area contributed by atoms with Gasteiger partial charge in [0.1, 0.15) is 5.54 Å². The normalized spacial score (nSPS) is 15.6. The fourth-order valence-corrected chi connectivity index (χ4v) is 4.19. The van der Waals surface area contributed by atoms with Crippen molar-refractivity contribution in [3.8, 4) is 0 Å². The van der Waals surface area contributed by atoms with E-state index in [1.807, 2.05) is 39.0 Å². The van der Waals surface area contributed by atoms with Crippen LogP contribution < -0.4 is 5.32 Å². The number of carbonyl (C=O) groups is 1. The van der Waals surface area contributed by atoms with Crippen LogP contribution in [0.5, 0.6) is 0 Å². The van der Waals surface area contributed by atoms with Gasteiger partial charge in [0.05, 0.1) is 7.11 Å². The molecule has 0 aliphatic rings. The number of thioether (sulfide) groups is 1. The zero-order valence-electron chi connectivity index (χ0n) is 13.3. The molecule has 5 heteroatoms. The van der Waals surface area contributed by atoms with Crippen LogP contribution in [0.3, 0.4) is 0 Å². The molecule has 0 amide bonds. The largest absolute Gasteiger partial charge is 0.468 e. The summed E-state index contributed by atoms with van der Waals surface area (Å²) in [5, 5.41) is 3.62. The van der Waals surface area contributed by atoms with E-state index >= 15 is 0 Å². The fourth-order valence-electron chi connectivity index (χ4n) is 2.44. The summed E-state index contributed by atoms with van der Waals surface area (Å²) in [5.41, 5.74) is -0.670. The predicted octanol–water partition coefficient (Wildman–Crippen LogP) is 4.25. The minimum absolute atomic E-state index is 0.212. The van der Waals surface area contributed by atoms with Crippen LogP contribution in [0.4, 0.5) is 0 Å². The summed E-state index contributed by atoms with van der Waals surface area (Å²) in [6, 6.07) is 8.34. The summed E-state index contributed by atoms with van der Waals surface area (Å²) in [6.07, 6.45) is 0.698. The zero-order valence-corrected chi connectivity index (χ0v) is 15.7. The second-order valence-electron chi connectivity index (χ2n) is 5.69. The van der Waals surface area contributed by atoms with E-state index in [1.54, 1.807) is 11.8 Å². The highest BCUT2D eigenvalue weighted by atomic mass is 79.9. The summed E-state index contributed by atoms with van der Waals surface area (Å²) < 4.78 is 6.05. The molecule has 0 bridgehead atoms. The zero-order chi connectivity index (χ0) is 16.0. The van der Waals surface area contributed by atoms with Crippen molar-refractivity contribution in [2.75, 3.05) is 7.11 Å². The van der Waals surface area contributed by atoms with Gasteiger partial charge in [-0.1, -0.05) is 19.1 Å². The number of esters is 1.